The Bertz CT molecular complexity index is 1820. The van der Waals surface area contributed by atoms with Crippen molar-refractivity contribution in [3.05, 3.63) is 76.0 Å². The third-order valence-electron chi connectivity index (χ3n) is 8.51. The highest BCUT2D eigenvalue weighted by Crippen LogP contribution is 2.59. The van der Waals surface area contributed by atoms with Crippen LogP contribution in [-0.2, 0) is 12.5 Å². The van der Waals surface area contributed by atoms with Crippen LogP contribution in [0.1, 0.15) is 43.0 Å². The lowest BCUT2D eigenvalue weighted by Gasteiger charge is -2.24. The summed E-state index contributed by atoms with van der Waals surface area (Å²) in [5, 5.41) is 6.63. The normalized spacial score (nSPS) is 19.2. The number of hydrogen-bond donors (Lipinski definition) is 2. The molecule has 0 radical (unpaired) electrons. The number of fused-ring (bicyclic) bond motifs is 1. The number of rotatable bonds is 5. The number of amides is 1. The van der Waals surface area contributed by atoms with Crippen LogP contribution in [0.15, 0.2) is 47.3 Å². The average Bonchev–Trinajstić information content (AvgIpc) is 3.61. The van der Waals surface area contributed by atoms with Gasteiger partial charge in [-0.2, -0.15) is 23.0 Å². The van der Waals surface area contributed by atoms with Crippen LogP contribution < -0.4 is 21.5 Å². The molecule has 0 unspecified atom stereocenters. The molecule has 14 heteroatoms. The van der Waals surface area contributed by atoms with E-state index in [-0.39, 0.29) is 47.0 Å². The van der Waals surface area contributed by atoms with Crippen LogP contribution in [0.5, 0.6) is 0 Å². The van der Waals surface area contributed by atoms with E-state index in [4.69, 9.17) is 5.73 Å². The minimum absolute atomic E-state index is 0.0712. The first-order valence-corrected chi connectivity index (χ1v) is 13.6. The van der Waals surface area contributed by atoms with Crippen LogP contribution >= 0.6 is 0 Å². The van der Waals surface area contributed by atoms with Gasteiger partial charge in [0, 0.05) is 32.2 Å². The van der Waals surface area contributed by atoms with E-state index < -0.39 is 40.4 Å². The van der Waals surface area contributed by atoms with Crippen LogP contribution in [-0.4, -0.2) is 50.5 Å². The number of carbonyl (C=O) groups excluding carboxylic acids is 1. The summed E-state index contributed by atoms with van der Waals surface area (Å²) in [5.41, 5.74) is 3.39. The smallest absolute Gasteiger partial charge is 0.366 e. The average molecular weight is 602 g/mol. The Morgan fingerprint density at radius 3 is 2.30 bits per heavy atom. The molecule has 1 atom stereocenters. The number of anilines is 2. The molecule has 0 spiro atoms. The maximum Gasteiger partial charge on any atom is 0.401 e. The highest BCUT2D eigenvalue weighted by Gasteiger charge is 2.66. The van der Waals surface area contributed by atoms with Gasteiger partial charge in [0.05, 0.1) is 16.9 Å². The van der Waals surface area contributed by atoms with E-state index >= 15 is 0 Å². The second-order valence-electron chi connectivity index (χ2n) is 11.9. The Morgan fingerprint density at radius 1 is 1.05 bits per heavy atom. The summed E-state index contributed by atoms with van der Waals surface area (Å²) < 4.78 is 73.1. The van der Waals surface area contributed by atoms with E-state index in [1.807, 2.05) is 18.7 Å². The molecule has 3 N–H and O–H groups in total. The molecule has 2 aromatic heterocycles. The van der Waals surface area contributed by atoms with Crippen molar-refractivity contribution in [2.75, 3.05) is 23.3 Å². The molecular weight excluding hydrogens is 573 g/mol. The number of aryl methyl sites for hydroxylation is 1. The fourth-order valence-electron chi connectivity index (χ4n) is 5.75. The van der Waals surface area contributed by atoms with Gasteiger partial charge in [0.15, 0.2) is 11.6 Å². The van der Waals surface area contributed by atoms with Gasteiger partial charge >= 0.3 is 6.18 Å². The fourth-order valence-corrected chi connectivity index (χ4v) is 5.75. The summed E-state index contributed by atoms with van der Waals surface area (Å²) in [6.45, 7) is 4.72. The second kappa shape index (κ2) is 9.59. The molecule has 0 bridgehead atoms. The van der Waals surface area contributed by atoms with Crippen molar-refractivity contribution in [1.82, 2.24) is 19.3 Å². The monoisotopic (exact) mass is 601 g/mol. The topological polar surface area (TPSA) is 111 Å². The third-order valence-corrected chi connectivity index (χ3v) is 8.51. The summed E-state index contributed by atoms with van der Waals surface area (Å²) >= 11 is 0. The molecule has 3 heterocycles. The molecule has 1 saturated carbocycles. The number of nitrogens with two attached hydrogens (primary N) is 1. The van der Waals surface area contributed by atoms with Gasteiger partial charge in [-0.3, -0.25) is 9.59 Å². The summed E-state index contributed by atoms with van der Waals surface area (Å²) in [5.74, 6) is -3.03. The minimum Gasteiger partial charge on any atom is -0.366 e. The number of nitrogens with one attached hydrogen (secondary N) is 1. The maximum absolute atomic E-state index is 14.4. The SMILES string of the molecule is Cn1c(C2(C(F)(F)F)CC2)nc2c(N3C[C@H](N)C(C)(C)C3)c(NC(=O)c3ccc(=O)n(-c4c(F)cccc4F)n3)ccc21. The van der Waals surface area contributed by atoms with Gasteiger partial charge in [-0.05, 0) is 48.6 Å². The Kier molecular flexibility index (Phi) is 6.42. The maximum atomic E-state index is 14.4. The van der Waals surface area contributed by atoms with E-state index in [0.717, 1.165) is 30.3 Å². The lowest BCUT2D eigenvalue weighted by atomic mass is 9.89. The number of para-hydroxylation sites is 1. The standard InChI is InChI=1S/C29H28F5N7O2/c1-27(2)14-40(13-20(27)35)24-17(7-9-19-22(24)37-26(39(19)3)28(11-12-28)29(32,33)34)36-25(43)18-8-10-21(42)41(38-18)23-15(30)5-4-6-16(23)31/h4-10,20H,11-14,35H2,1-3H3,(H,36,43)/t20-/m0/s1. The van der Waals surface area contributed by atoms with Crippen molar-refractivity contribution < 1.29 is 26.7 Å². The van der Waals surface area contributed by atoms with E-state index in [1.54, 1.807) is 12.1 Å². The molecule has 4 aromatic rings. The predicted octanol–water partition coefficient (Wildman–Crippen LogP) is 4.42. The molecule has 1 saturated heterocycles. The third kappa shape index (κ3) is 4.55. The number of alkyl halides is 3. The van der Waals surface area contributed by atoms with Crippen molar-refractivity contribution in [1.29, 1.82) is 0 Å². The van der Waals surface area contributed by atoms with Crippen LogP contribution in [0.3, 0.4) is 0 Å². The van der Waals surface area contributed by atoms with Gasteiger partial charge < -0.3 is 20.5 Å². The van der Waals surface area contributed by atoms with E-state index in [1.165, 1.54) is 11.6 Å². The van der Waals surface area contributed by atoms with E-state index in [2.05, 4.69) is 15.4 Å². The highest BCUT2D eigenvalue weighted by atomic mass is 19.4. The fraction of sp³-hybridized carbons (Fsp3) is 0.379. The highest BCUT2D eigenvalue weighted by molar-refractivity contribution is 6.08. The summed E-state index contributed by atoms with van der Waals surface area (Å²) in [6, 6.07) is 7.95. The molecular formula is C29H28F5N7O2. The van der Waals surface area contributed by atoms with Crippen molar-refractivity contribution in [2.45, 2.75) is 44.3 Å². The molecule has 9 nitrogen and oxygen atoms in total. The Labute approximate surface area is 242 Å². The summed E-state index contributed by atoms with van der Waals surface area (Å²) in [4.78, 5) is 32.3. The Hall–Kier alpha value is -4.33. The minimum atomic E-state index is -4.48. The van der Waals surface area contributed by atoms with Crippen LogP contribution in [0, 0.1) is 17.0 Å². The number of imidazole rings is 1. The predicted molar refractivity (Wildman–Crippen MR) is 149 cm³/mol. The van der Waals surface area contributed by atoms with Gasteiger partial charge in [0.2, 0.25) is 0 Å². The quantitative estimate of drug-likeness (QED) is 0.328. The molecule has 1 aliphatic heterocycles. The van der Waals surface area contributed by atoms with Crippen molar-refractivity contribution in [2.24, 2.45) is 18.2 Å². The Morgan fingerprint density at radius 2 is 1.72 bits per heavy atom. The number of carbonyl (C=O) groups is 1. The summed E-state index contributed by atoms with van der Waals surface area (Å²) in [6.07, 6.45) is -4.62. The molecule has 226 valence electrons. The number of nitrogens with zero attached hydrogens (tertiary/aromatic N) is 5. The molecule has 6 rings (SSSR count). The lowest BCUT2D eigenvalue weighted by molar-refractivity contribution is -0.162. The molecule has 2 fully saturated rings. The Balaban J connectivity index is 1.46. The molecule has 43 heavy (non-hydrogen) atoms. The molecule has 1 amide bonds. The van der Waals surface area contributed by atoms with Gasteiger partial charge in [0.1, 0.15) is 28.1 Å². The molecule has 2 aromatic carbocycles. The second-order valence-corrected chi connectivity index (χ2v) is 11.9. The number of benzene rings is 2. The number of hydrogen-bond acceptors (Lipinski definition) is 6. The first-order chi connectivity index (χ1) is 20.1. The number of aromatic nitrogens is 4. The summed E-state index contributed by atoms with van der Waals surface area (Å²) in [7, 11) is 1.53. The van der Waals surface area contributed by atoms with Gasteiger partial charge in [-0.25, -0.2) is 13.8 Å². The first kappa shape index (κ1) is 28.8. The molecule has 1 aliphatic carbocycles. The van der Waals surface area contributed by atoms with Crippen molar-refractivity contribution in [3.8, 4) is 5.69 Å². The number of halogens is 5. The van der Waals surface area contributed by atoms with E-state index in [9.17, 15) is 31.5 Å². The van der Waals surface area contributed by atoms with Gasteiger partial charge in [-0.1, -0.05) is 19.9 Å². The van der Waals surface area contributed by atoms with Crippen LogP contribution in [0.25, 0.3) is 16.7 Å². The van der Waals surface area contributed by atoms with Crippen LogP contribution in [0.4, 0.5) is 33.3 Å². The largest absolute Gasteiger partial charge is 0.401 e. The van der Waals surface area contributed by atoms with Crippen molar-refractivity contribution >= 4 is 28.3 Å². The van der Waals surface area contributed by atoms with Crippen molar-refractivity contribution in [3.63, 3.8) is 0 Å². The van der Waals surface area contributed by atoms with E-state index in [0.29, 0.717) is 29.0 Å². The molecule has 2 aliphatic rings. The zero-order chi connectivity index (χ0) is 31.1. The lowest BCUT2D eigenvalue weighted by Crippen LogP contribution is -2.35. The van der Waals surface area contributed by atoms with Gasteiger partial charge in [0.25, 0.3) is 11.5 Å². The zero-order valence-corrected chi connectivity index (χ0v) is 23.5. The zero-order valence-electron chi connectivity index (χ0n) is 23.5. The van der Waals surface area contributed by atoms with Crippen LogP contribution in [0.2, 0.25) is 0 Å². The first-order valence-electron chi connectivity index (χ1n) is 13.6. The van der Waals surface area contributed by atoms with Gasteiger partial charge in [-0.15, -0.1) is 0 Å².